The highest BCUT2D eigenvalue weighted by Gasteiger charge is 2.12. The van der Waals surface area contributed by atoms with Crippen LogP contribution in [0.3, 0.4) is 0 Å². The van der Waals surface area contributed by atoms with Gasteiger partial charge in [0.05, 0.1) is 0 Å². The minimum Gasteiger partial charge on any atom is -0.359 e. The Morgan fingerprint density at radius 3 is 2.67 bits per heavy atom. The third kappa shape index (κ3) is 5.78. The zero-order valence-corrected chi connectivity index (χ0v) is 9.85. The molecule has 88 valence electrons. The van der Waals surface area contributed by atoms with Gasteiger partial charge >= 0.3 is 0 Å². The van der Waals surface area contributed by atoms with Crippen molar-refractivity contribution in [3.05, 3.63) is 0 Å². The van der Waals surface area contributed by atoms with Crippen LogP contribution < -0.4 is 10.6 Å². The van der Waals surface area contributed by atoms with Crippen LogP contribution >= 0.6 is 0 Å². The Balaban J connectivity index is 1.89. The van der Waals surface area contributed by atoms with Gasteiger partial charge in [-0.1, -0.05) is 19.3 Å². The summed E-state index contributed by atoms with van der Waals surface area (Å²) in [5, 5.41) is 6.09. The van der Waals surface area contributed by atoms with Gasteiger partial charge in [-0.25, -0.2) is 0 Å². The quantitative estimate of drug-likeness (QED) is 0.658. The van der Waals surface area contributed by atoms with Crippen LogP contribution in [-0.4, -0.2) is 26.0 Å². The van der Waals surface area contributed by atoms with Gasteiger partial charge < -0.3 is 10.6 Å². The third-order valence-corrected chi connectivity index (χ3v) is 3.19. The van der Waals surface area contributed by atoms with E-state index in [1.165, 1.54) is 32.1 Å². The van der Waals surface area contributed by atoms with Gasteiger partial charge in [-0.15, -0.1) is 0 Å². The summed E-state index contributed by atoms with van der Waals surface area (Å²) in [4.78, 5) is 10.9. The molecule has 0 radical (unpaired) electrons. The van der Waals surface area contributed by atoms with Crippen molar-refractivity contribution in [2.45, 2.75) is 44.9 Å². The highest BCUT2D eigenvalue weighted by molar-refractivity contribution is 5.75. The number of carbonyl (C=O) groups is 1. The molecule has 0 aromatic heterocycles. The zero-order chi connectivity index (χ0) is 10.9. The normalized spacial score (nSPS) is 17.7. The Morgan fingerprint density at radius 1 is 1.27 bits per heavy atom. The lowest BCUT2D eigenvalue weighted by Gasteiger charge is -2.21. The van der Waals surface area contributed by atoms with Crippen molar-refractivity contribution < 1.29 is 4.79 Å². The lowest BCUT2D eigenvalue weighted by molar-refractivity contribution is -0.120. The molecule has 0 aliphatic heterocycles. The zero-order valence-electron chi connectivity index (χ0n) is 9.85. The summed E-state index contributed by atoms with van der Waals surface area (Å²) in [6.07, 6.45) is 8.62. The van der Waals surface area contributed by atoms with Crippen molar-refractivity contribution in [1.29, 1.82) is 0 Å². The molecule has 0 aromatic rings. The van der Waals surface area contributed by atoms with Crippen LogP contribution in [0.1, 0.15) is 44.9 Å². The minimum absolute atomic E-state index is 0.148. The number of hydrogen-bond acceptors (Lipinski definition) is 2. The van der Waals surface area contributed by atoms with Crippen molar-refractivity contribution in [1.82, 2.24) is 10.6 Å². The Morgan fingerprint density at radius 2 is 2.00 bits per heavy atom. The Kier molecular flexibility index (Phi) is 6.41. The van der Waals surface area contributed by atoms with Crippen LogP contribution in [0.15, 0.2) is 0 Å². The van der Waals surface area contributed by atoms with Crippen LogP contribution in [-0.2, 0) is 4.79 Å². The van der Waals surface area contributed by atoms with E-state index in [9.17, 15) is 4.79 Å². The summed E-state index contributed by atoms with van der Waals surface area (Å²) >= 11 is 0. The predicted octanol–water partition coefficient (Wildman–Crippen LogP) is 1.68. The third-order valence-electron chi connectivity index (χ3n) is 3.19. The van der Waals surface area contributed by atoms with Gasteiger partial charge in [-0.3, -0.25) is 4.79 Å². The fourth-order valence-corrected chi connectivity index (χ4v) is 2.20. The van der Waals surface area contributed by atoms with Crippen LogP contribution in [0.4, 0.5) is 0 Å². The maximum atomic E-state index is 10.9. The summed E-state index contributed by atoms with van der Waals surface area (Å²) in [6, 6.07) is 0. The standard InChI is InChI=1S/C12H24N2O/c1-13-12(15)8-5-9-14-10-11-6-3-2-4-7-11/h11,14H,2-10H2,1H3,(H,13,15). The summed E-state index contributed by atoms with van der Waals surface area (Å²) < 4.78 is 0. The molecular weight excluding hydrogens is 188 g/mol. The van der Waals surface area contributed by atoms with Gasteiger partial charge in [0.1, 0.15) is 0 Å². The fourth-order valence-electron chi connectivity index (χ4n) is 2.20. The van der Waals surface area contributed by atoms with Crippen LogP contribution in [0.5, 0.6) is 0 Å². The van der Waals surface area contributed by atoms with Crippen molar-refractivity contribution in [2.75, 3.05) is 20.1 Å². The molecule has 15 heavy (non-hydrogen) atoms. The first-order valence-corrected chi connectivity index (χ1v) is 6.24. The second-order valence-corrected chi connectivity index (χ2v) is 4.48. The average molecular weight is 212 g/mol. The lowest BCUT2D eigenvalue weighted by atomic mass is 9.89. The van der Waals surface area contributed by atoms with E-state index in [0.717, 1.165) is 25.4 Å². The Bertz CT molecular complexity index is 176. The van der Waals surface area contributed by atoms with E-state index in [0.29, 0.717) is 6.42 Å². The van der Waals surface area contributed by atoms with Gasteiger partial charge in [0.15, 0.2) is 0 Å². The molecule has 1 rings (SSSR count). The molecule has 0 spiro atoms. The molecule has 0 atom stereocenters. The van der Waals surface area contributed by atoms with Crippen LogP contribution in [0.25, 0.3) is 0 Å². The Hall–Kier alpha value is -0.570. The fraction of sp³-hybridized carbons (Fsp3) is 0.917. The topological polar surface area (TPSA) is 41.1 Å². The van der Waals surface area contributed by atoms with Gasteiger partial charge in [-0.05, 0) is 38.3 Å². The van der Waals surface area contributed by atoms with Gasteiger partial charge in [-0.2, -0.15) is 0 Å². The molecule has 3 heteroatoms. The molecule has 2 N–H and O–H groups in total. The van der Waals surface area contributed by atoms with E-state index in [-0.39, 0.29) is 5.91 Å². The average Bonchev–Trinajstić information content (AvgIpc) is 2.29. The van der Waals surface area contributed by atoms with Gasteiger partial charge in [0, 0.05) is 13.5 Å². The second kappa shape index (κ2) is 7.69. The van der Waals surface area contributed by atoms with Gasteiger partial charge in [0.25, 0.3) is 0 Å². The lowest BCUT2D eigenvalue weighted by Crippen LogP contribution is -2.26. The second-order valence-electron chi connectivity index (χ2n) is 4.48. The maximum Gasteiger partial charge on any atom is 0.219 e. The number of amides is 1. The molecule has 0 saturated heterocycles. The monoisotopic (exact) mass is 212 g/mol. The van der Waals surface area contributed by atoms with E-state index in [4.69, 9.17) is 0 Å². The number of hydrogen-bond donors (Lipinski definition) is 2. The van der Waals surface area contributed by atoms with E-state index in [1.54, 1.807) is 7.05 Å². The number of rotatable bonds is 6. The molecule has 1 aliphatic rings. The SMILES string of the molecule is CNC(=O)CCCNCC1CCCCC1. The summed E-state index contributed by atoms with van der Waals surface area (Å²) in [7, 11) is 1.69. The van der Waals surface area contributed by atoms with E-state index >= 15 is 0 Å². The smallest absolute Gasteiger partial charge is 0.219 e. The van der Waals surface area contributed by atoms with E-state index in [1.807, 2.05) is 0 Å². The molecule has 0 heterocycles. The molecule has 3 nitrogen and oxygen atoms in total. The minimum atomic E-state index is 0.148. The molecule has 1 amide bonds. The number of nitrogens with one attached hydrogen (secondary N) is 2. The molecule has 0 unspecified atom stereocenters. The van der Waals surface area contributed by atoms with Crippen molar-refractivity contribution >= 4 is 5.91 Å². The Labute approximate surface area is 93.0 Å². The molecule has 1 saturated carbocycles. The molecule has 0 bridgehead atoms. The summed E-state index contributed by atoms with van der Waals surface area (Å²) in [5.74, 6) is 1.04. The summed E-state index contributed by atoms with van der Waals surface area (Å²) in [5.41, 5.74) is 0. The van der Waals surface area contributed by atoms with E-state index in [2.05, 4.69) is 10.6 Å². The van der Waals surface area contributed by atoms with Crippen molar-refractivity contribution in [3.8, 4) is 0 Å². The molecule has 1 aliphatic carbocycles. The largest absolute Gasteiger partial charge is 0.359 e. The van der Waals surface area contributed by atoms with Gasteiger partial charge in [0.2, 0.25) is 5.91 Å². The summed E-state index contributed by atoms with van der Waals surface area (Å²) in [6.45, 7) is 2.12. The molecule has 1 fully saturated rings. The molecule has 0 aromatic carbocycles. The van der Waals surface area contributed by atoms with Crippen LogP contribution in [0.2, 0.25) is 0 Å². The van der Waals surface area contributed by atoms with Crippen LogP contribution in [0, 0.1) is 5.92 Å². The van der Waals surface area contributed by atoms with Crippen molar-refractivity contribution in [3.63, 3.8) is 0 Å². The highest BCUT2D eigenvalue weighted by atomic mass is 16.1. The maximum absolute atomic E-state index is 10.9. The van der Waals surface area contributed by atoms with E-state index < -0.39 is 0 Å². The highest BCUT2D eigenvalue weighted by Crippen LogP contribution is 2.22. The molecular formula is C12H24N2O. The predicted molar refractivity (Wildman–Crippen MR) is 62.7 cm³/mol. The van der Waals surface area contributed by atoms with Crippen molar-refractivity contribution in [2.24, 2.45) is 5.92 Å². The first kappa shape index (κ1) is 12.5. The first-order valence-electron chi connectivity index (χ1n) is 6.24. The first-order chi connectivity index (χ1) is 7.33. The number of carbonyl (C=O) groups excluding carboxylic acids is 1.